The van der Waals surface area contributed by atoms with Crippen LogP contribution in [0.3, 0.4) is 0 Å². The highest BCUT2D eigenvalue weighted by molar-refractivity contribution is 5.66. The molecular weight excluding hydrogens is 362 g/mol. The third-order valence-electron chi connectivity index (χ3n) is 7.98. The van der Waals surface area contributed by atoms with Gasteiger partial charge in [-0.05, 0) is 57.9 Å². The number of benzene rings is 1. The molecule has 0 atom stereocenters. The fourth-order valence-electron chi connectivity index (χ4n) is 4.28. The Morgan fingerprint density at radius 2 is 1.33 bits per heavy atom. The molecule has 2 aromatic rings. The molecule has 168 valence electrons. The summed E-state index contributed by atoms with van der Waals surface area (Å²) in [5.41, 5.74) is 7.58. The molecule has 0 unspecified atom stereocenters. The maximum Gasteiger partial charge on any atom is 0.212 e. The van der Waals surface area contributed by atoms with Gasteiger partial charge < -0.3 is 0 Å². The van der Waals surface area contributed by atoms with E-state index in [2.05, 4.69) is 117 Å². The van der Waals surface area contributed by atoms with Crippen LogP contribution in [-0.4, -0.2) is 0 Å². The minimum Gasteiger partial charge on any atom is -0.201 e. The van der Waals surface area contributed by atoms with Crippen LogP contribution >= 0.6 is 0 Å². The van der Waals surface area contributed by atoms with Crippen molar-refractivity contribution in [3.8, 4) is 11.3 Å². The molecule has 0 radical (unpaired) electrons. The maximum atomic E-state index is 2.45. The van der Waals surface area contributed by atoms with E-state index in [4.69, 9.17) is 0 Å². The molecule has 0 bridgehead atoms. The molecule has 0 spiro atoms. The summed E-state index contributed by atoms with van der Waals surface area (Å²) in [6.45, 7) is 27.4. The molecule has 1 heteroatoms. The van der Waals surface area contributed by atoms with Gasteiger partial charge in [-0.2, -0.15) is 0 Å². The van der Waals surface area contributed by atoms with Crippen molar-refractivity contribution in [3.05, 3.63) is 53.2 Å². The van der Waals surface area contributed by atoms with E-state index in [9.17, 15) is 0 Å². The summed E-state index contributed by atoms with van der Waals surface area (Å²) < 4.78 is 2.22. The second-order valence-electron chi connectivity index (χ2n) is 10.6. The summed E-state index contributed by atoms with van der Waals surface area (Å²) in [6, 6.07) is 11.3. The van der Waals surface area contributed by atoms with Crippen LogP contribution in [0.15, 0.2) is 36.5 Å². The first-order chi connectivity index (χ1) is 13.8. The zero-order chi connectivity index (χ0) is 23.5. The Balaban J connectivity index is 0.000000565. The number of fused-ring (bicyclic) bond motifs is 1. The van der Waals surface area contributed by atoms with Gasteiger partial charge in [-0.3, -0.25) is 0 Å². The zero-order valence-electron chi connectivity index (χ0n) is 22.2. The van der Waals surface area contributed by atoms with Crippen molar-refractivity contribution in [1.29, 1.82) is 0 Å². The average Bonchev–Trinajstić information content (AvgIpc) is 2.79. The van der Waals surface area contributed by atoms with Crippen LogP contribution in [0.2, 0.25) is 0 Å². The first-order valence-electron chi connectivity index (χ1n) is 11.9. The summed E-state index contributed by atoms with van der Waals surface area (Å²) in [5.74, 6) is 0.884. The predicted molar refractivity (Wildman–Crippen MR) is 134 cm³/mol. The Labute approximate surface area is 187 Å². The first-order valence-corrected chi connectivity index (χ1v) is 11.9. The Hall–Kier alpha value is -1.63. The molecule has 1 heterocycles. The van der Waals surface area contributed by atoms with Crippen LogP contribution in [0.25, 0.3) is 11.3 Å². The van der Waals surface area contributed by atoms with Gasteiger partial charge in [0.15, 0.2) is 6.20 Å². The zero-order valence-corrected chi connectivity index (χ0v) is 22.2. The van der Waals surface area contributed by atoms with Crippen molar-refractivity contribution in [3.63, 3.8) is 0 Å². The highest BCUT2D eigenvalue weighted by Gasteiger charge is 2.56. The molecule has 30 heavy (non-hydrogen) atoms. The van der Waals surface area contributed by atoms with Crippen LogP contribution in [0.5, 0.6) is 0 Å². The van der Waals surface area contributed by atoms with Crippen molar-refractivity contribution in [2.75, 3.05) is 0 Å². The molecule has 0 fully saturated rings. The van der Waals surface area contributed by atoms with Crippen LogP contribution in [0.1, 0.15) is 99.3 Å². The standard InChI is InChI=1S/C22H30N.C5H12.C2H6/c1-15-13-17-18(21(4,5)22(6,7)20(17,2)3)14-16(15)19-11-9-10-12-23(19)8;1-4-5(2)3;1-2/h9-14H,1-8H3;5H,4H2,1-3H3;1-2H3/q+1;;. The molecule has 1 nitrogen and oxygen atoms in total. The van der Waals surface area contributed by atoms with Crippen LogP contribution in [0.4, 0.5) is 0 Å². The van der Waals surface area contributed by atoms with Crippen LogP contribution in [0, 0.1) is 18.3 Å². The lowest BCUT2D eigenvalue weighted by atomic mass is 9.59. The van der Waals surface area contributed by atoms with E-state index < -0.39 is 0 Å². The molecule has 0 saturated heterocycles. The lowest BCUT2D eigenvalue weighted by Crippen LogP contribution is -2.42. The summed E-state index contributed by atoms with van der Waals surface area (Å²) in [6.07, 6.45) is 3.43. The van der Waals surface area contributed by atoms with Gasteiger partial charge in [-0.1, -0.05) is 88.6 Å². The smallest absolute Gasteiger partial charge is 0.201 e. The minimum absolute atomic E-state index is 0.154. The van der Waals surface area contributed by atoms with E-state index in [1.54, 1.807) is 0 Å². The molecule has 0 aliphatic heterocycles. The minimum atomic E-state index is 0.154. The van der Waals surface area contributed by atoms with Crippen molar-refractivity contribution < 1.29 is 4.57 Å². The molecule has 1 aliphatic carbocycles. The largest absolute Gasteiger partial charge is 0.212 e. The van der Waals surface area contributed by atoms with Gasteiger partial charge in [0, 0.05) is 17.7 Å². The molecule has 3 rings (SSSR count). The van der Waals surface area contributed by atoms with Crippen molar-refractivity contribution in [2.45, 2.75) is 100 Å². The molecule has 1 aliphatic rings. The second-order valence-corrected chi connectivity index (χ2v) is 10.6. The molecule has 1 aromatic carbocycles. The van der Waals surface area contributed by atoms with Crippen molar-refractivity contribution in [1.82, 2.24) is 0 Å². The molecular formula is C29H48N+. The summed E-state index contributed by atoms with van der Waals surface area (Å²) in [4.78, 5) is 0. The average molecular weight is 411 g/mol. The molecule has 0 amide bonds. The number of hydrogen-bond donors (Lipinski definition) is 0. The van der Waals surface area contributed by atoms with Gasteiger partial charge in [0.1, 0.15) is 7.05 Å². The van der Waals surface area contributed by atoms with Gasteiger partial charge >= 0.3 is 0 Å². The number of pyridine rings is 1. The monoisotopic (exact) mass is 410 g/mol. The van der Waals surface area contributed by atoms with E-state index >= 15 is 0 Å². The van der Waals surface area contributed by atoms with E-state index in [1.165, 1.54) is 34.4 Å². The Morgan fingerprint density at radius 3 is 1.77 bits per heavy atom. The Bertz CT molecular complexity index is 837. The van der Waals surface area contributed by atoms with Gasteiger partial charge in [-0.15, -0.1) is 0 Å². The normalized spacial score (nSPS) is 17.4. The summed E-state index contributed by atoms with van der Waals surface area (Å²) in [5, 5.41) is 0. The van der Waals surface area contributed by atoms with E-state index in [0.29, 0.717) is 0 Å². The molecule has 0 N–H and O–H groups in total. The molecule has 1 aromatic heterocycles. The second kappa shape index (κ2) is 9.67. The summed E-state index contributed by atoms with van der Waals surface area (Å²) in [7, 11) is 2.13. The van der Waals surface area contributed by atoms with Gasteiger partial charge in [-0.25, -0.2) is 4.57 Å². The topological polar surface area (TPSA) is 3.88 Å². The number of nitrogens with zero attached hydrogens (tertiary/aromatic N) is 1. The lowest BCUT2D eigenvalue weighted by Gasteiger charge is -2.44. The van der Waals surface area contributed by atoms with Gasteiger partial charge in [0.25, 0.3) is 0 Å². The van der Waals surface area contributed by atoms with Crippen LogP contribution in [-0.2, 0) is 17.9 Å². The highest BCUT2D eigenvalue weighted by atomic mass is 14.9. The lowest BCUT2D eigenvalue weighted by molar-refractivity contribution is -0.660. The van der Waals surface area contributed by atoms with Gasteiger partial charge in [0.2, 0.25) is 5.69 Å². The van der Waals surface area contributed by atoms with E-state index in [0.717, 1.165) is 5.92 Å². The molecule has 0 saturated carbocycles. The van der Waals surface area contributed by atoms with Crippen LogP contribution < -0.4 is 4.57 Å². The SMILES string of the molecule is CC.CCC(C)C.Cc1cc2c(cc1-c1cccc[n+]1C)C(C)(C)C(C)(C)C2(C)C. The quantitative estimate of drug-likeness (QED) is 0.440. The van der Waals surface area contributed by atoms with Crippen molar-refractivity contribution >= 4 is 0 Å². The fraction of sp³-hybridized carbons (Fsp3) is 0.621. The summed E-state index contributed by atoms with van der Waals surface area (Å²) >= 11 is 0. The Morgan fingerprint density at radius 1 is 0.867 bits per heavy atom. The number of hydrogen-bond acceptors (Lipinski definition) is 0. The highest BCUT2D eigenvalue weighted by Crippen LogP contribution is 2.62. The predicted octanol–water partition coefficient (Wildman–Crippen LogP) is 8.16. The van der Waals surface area contributed by atoms with Gasteiger partial charge in [0.05, 0.1) is 0 Å². The maximum absolute atomic E-state index is 2.45. The Kier molecular flexibility index (Phi) is 8.51. The number of aryl methyl sites for hydroxylation is 2. The third-order valence-corrected chi connectivity index (χ3v) is 7.98. The number of aromatic nitrogens is 1. The number of rotatable bonds is 2. The third kappa shape index (κ3) is 4.51. The fourth-order valence-corrected chi connectivity index (χ4v) is 4.28. The van der Waals surface area contributed by atoms with E-state index in [1.807, 2.05) is 13.8 Å². The van der Waals surface area contributed by atoms with E-state index in [-0.39, 0.29) is 16.2 Å². The van der Waals surface area contributed by atoms with Crippen molar-refractivity contribution in [2.24, 2.45) is 18.4 Å². The first kappa shape index (κ1) is 26.4.